The van der Waals surface area contributed by atoms with Gasteiger partial charge in [0.1, 0.15) is 35.8 Å². The van der Waals surface area contributed by atoms with Gasteiger partial charge in [-0.15, -0.1) is 11.8 Å². The Balaban J connectivity index is 1.75. The van der Waals surface area contributed by atoms with E-state index >= 15 is 0 Å². The summed E-state index contributed by atoms with van der Waals surface area (Å²) < 4.78 is 78.4. The van der Waals surface area contributed by atoms with Crippen LogP contribution in [0.15, 0.2) is 41.3 Å². The van der Waals surface area contributed by atoms with Gasteiger partial charge in [-0.2, -0.15) is 16.8 Å². The summed E-state index contributed by atoms with van der Waals surface area (Å²) >= 11 is 22.0. The number of thioether (sulfide) groups is 1. The molecule has 3 heterocycles. The SMILES string of the molecule is CCCCCCC(=O)CSc1c(Cl)c(Cl)c(C(=O)O)c(C2=c3cc4c(cc3Oc3cc5c(cc32)C(CS(=O)(=O)O)=CC(C)(C)N5C)=[N+](C)C(C)(C)C=C4CS(=O)(=O)O)c1Cl. The van der Waals surface area contributed by atoms with E-state index in [9.17, 15) is 40.6 Å². The van der Waals surface area contributed by atoms with Crippen molar-refractivity contribution in [2.45, 2.75) is 82.7 Å². The lowest BCUT2D eigenvalue weighted by molar-refractivity contribution is -0.116. The number of rotatable bonds is 14. The molecular weight excluding hydrogens is 895 g/mol. The standard InChI is InChI=1S/C42H45Cl3N2O10S3/c1-8-9-10-11-12-24(48)19-58-39-37(44)34(35(40(49)50)36(43)38(39)45)33-27-13-25-22(20-59(51,52)53)17-41(2,3)46(6)29(25)15-31(27)57-32-16-30-26(14-28(32)33)23(21-60(54,55)56)18-42(4,5)47(30)7/h13-18H,8-12,19-21H2,1-7H3,(H2-,49,50,51,52,53,54,55,56)/p+1. The lowest BCUT2D eigenvalue weighted by atomic mass is 9.83. The highest BCUT2D eigenvalue weighted by Gasteiger charge is 2.39. The van der Waals surface area contributed by atoms with Gasteiger partial charge in [-0.1, -0.05) is 67.1 Å². The number of likely N-dealkylation sites (N-methyl/N-ethyl adjacent to an activating group) is 2. The van der Waals surface area contributed by atoms with E-state index in [-0.39, 0.29) is 76.1 Å². The van der Waals surface area contributed by atoms with E-state index in [2.05, 4.69) is 6.92 Å². The molecule has 3 aliphatic rings. The molecule has 3 aliphatic heterocycles. The molecule has 3 N–H and O–H groups in total. The third kappa shape index (κ3) is 9.05. The van der Waals surface area contributed by atoms with Crippen LogP contribution in [0, 0.1) is 0 Å². The second kappa shape index (κ2) is 16.7. The molecule has 0 radical (unpaired) electrons. The van der Waals surface area contributed by atoms with Gasteiger partial charge in [0.25, 0.3) is 20.2 Å². The lowest BCUT2D eigenvalue weighted by Crippen LogP contribution is -2.47. The van der Waals surface area contributed by atoms with E-state index in [1.54, 1.807) is 36.4 Å². The molecule has 12 nitrogen and oxygen atoms in total. The Labute approximate surface area is 369 Å². The van der Waals surface area contributed by atoms with Crippen LogP contribution in [0.4, 0.5) is 5.69 Å². The molecule has 60 heavy (non-hydrogen) atoms. The van der Waals surface area contributed by atoms with Crippen LogP contribution >= 0.6 is 46.6 Å². The van der Waals surface area contributed by atoms with Crippen LogP contribution in [0.25, 0.3) is 16.7 Å². The summed E-state index contributed by atoms with van der Waals surface area (Å²) in [5, 5.41) is 11.0. The normalized spacial score (nSPS) is 16.6. The number of nitrogens with zero attached hydrogens (tertiary/aromatic N) is 2. The van der Waals surface area contributed by atoms with Crippen molar-refractivity contribution in [1.29, 1.82) is 0 Å². The molecule has 0 bridgehead atoms. The van der Waals surface area contributed by atoms with E-state index in [0.29, 0.717) is 35.0 Å². The molecule has 0 saturated carbocycles. The number of carboxylic acid groups (broad SMARTS) is 1. The van der Waals surface area contributed by atoms with Gasteiger partial charge in [-0.3, -0.25) is 13.9 Å². The molecule has 0 saturated heterocycles. The predicted molar refractivity (Wildman–Crippen MR) is 239 cm³/mol. The van der Waals surface area contributed by atoms with E-state index < -0.39 is 54.4 Å². The number of fused-ring (bicyclic) bond motifs is 4. The minimum atomic E-state index is -4.55. The highest BCUT2D eigenvalue weighted by atomic mass is 35.5. The van der Waals surface area contributed by atoms with Crippen LogP contribution in [0.2, 0.25) is 15.1 Å². The number of ether oxygens (including phenoxy) is 1. The molecular formula is C42H46Cl3N2O10S3+. The summed E-state index contributed by atoms with van der Waals surface area (Å²) in [6.07, 6.45) is 7.37. The number of Topliss-reactive ketones (excluding diaryl/α,β-unsaturated/α-hetero) is 1. The Morgan fingerprint density at radius 2 is 1.47 bits per heavy atom. The van der Waals surface area contributed by atoms with Crippen molar-refractivity contribution in [3.05, 3.63) is 89.9 Å². The second-order valence-corrected chi connectivity index (χ2v) is 21.4. The van der Waals surface area contributed by atoms with Crippen molar-refractivity contribution in [3.63, 3.8) is 0 Å². The van der Waals surface area contributed by atoms with Gasteiger partial charge in [0.2, 0.25) is 5.36 Å². The summed E-state index contributed by atoms with van der Waals surface area (Å²) in [6.45, 7) is 9.57. The fourth-order valence-electron chi connectivity index (χ4n) is 7.93. The second-order valence-electron chi connectivity index (χ2n) is 16.4. The van der Waals surface area contributed by atoms with Gasteiger partial charge in [0.05, 0.1) is 43.6 Å². The van der Waals surface area contributed by atoms with Crippen LogP contribution in [-0.4, -0.2) is 85.2 Å². The topological polar surface area (TPSA) is 179 Å². The molecule has 0 fully saturated rings. The number of hydrogen-bond acceptors (Lipinski definition) is 9. The maximum absolute atomic E-state index is 13.3. The number of hydrogen-bond donors (Lipinski definition) is 3. The first-order valence-electron chi connectivity index (χ1n) is 19.1. The van der Waals surface area contributed by atoms with Crippen molar-refractivity contribution in [2.75, 3.05) is 36.3 Å². The fraction of sp³-hybridized carbons (Fsp3) is 0.405. The summed E-state index contributed by atoms with van der Waals surface area (Å²) in [6, 6.07) is 6.66. The smallest absolute Gasteiger partial charge is 0.337 e. The van der Waals surface area contributed by atoms with Crippen molar-refractivity contribution >= 4 is 101 Å². The summed E-state index contributed by atoms with van der Waals surface area (Å²) in [7, 11) is -5.46. The van der Waals surface area contributed by atoms with Gasteiger partial charge in [0.15, 0.2) is 5.54 Å². The van der Waals surface area contributed by atoms with E-state index in [0.717, 1.165) is 31.0 Å². The quantitative estimate of drug-likeness (QED) is 0.0365. The van der Waals surface area contributed by atoms with Gasteiger partial charge < -0.3 is 14.7 Å². The largest absolute Gasteiger partial charge is 0.478 e. The molecule has 6 rings (SSSR count). The molecule has 0 aromatic heterocycles. The zero-order valence-corrected chi connectivity index (χ0v) is 38.8. The number of carbonyl (C=O) groups is 2. The minimum absolute atomic E-state index is 0.0296. The summed E-state index contributed by atoms with van der Waals surface area (Å²) in [5.74, 6) is -2.58. The van der Waals surface area contributed by atoms with Gasteiger partial charge in [-0.05, 0) is 49.6 Å². The lowest BCUT2D eigenvalue weighted by Gasteiger charge is -2.41. The van der Waals surface area contributed by atoms with Crippen LogP contribution in [0.5, 0.6) is 11.5 Å². The zero-order chi connectivity index (χ0) is 44.4. The van der Waals surface area contributed by atoms with Crippen LogP contribution in [-0.2, 0) is 25.0 Å². The van der Waals surface area contributed by atoms with E-state index in [1.165, 1.54) is 0 Å². The Morgan fingerprint density at radius 1 is 0.833 bits per heavy atom. The summed E-state index contributed by atoms with van der Waals surface area (Å²) in [5.41, 5.74) is 0.271. The maximum atomic E-state index is 13.3. The number of aromatic carboxylic acids is 1. The van der Waals surface area contributed by atoms with E-state index in [4.69, 9.17) is 39.5 Å². The molecule has 0 aliphatic carbocycles. The van der Waals surface area contributed by atoms with Gasteiger partial charge in [-0.25, -0.2) is 9.37 Å². The monoisotopic (exact) mass is 939 g/mol. The van der Waals surface area contributed by atoms with Crippen molar-refractivity contribution in [2.24, 2.45) is 0 Å². The molecule has 3 aromatic carbocycles. The average Bonchev–Trinajstić information content (AvgIpc) is 3.12. The molecule has 0 spiro atoms. The number of ketones is 1. The molecule has 18 heteroatoms. The minimum Gasteiger partial charge on any atom is -0.478 e. The van der Waals surface area contributed by atoms with Crippen molar-refractivity contribution in [3.8, 4) is 11.5 Å². The highest BCUT2D eigenvalue weighted by Crippen LogP contribution is 2.51. The third-order valence-electron chi connectivity index (χ3n) is 11.3. The first-order valence-corrected chi connectivity index (χ1v) is 24.4. The molecule has 0 unspecified atom stereocenters. The number of unbranched alkanes of at least 4 members (excludes halogenated alkanes) is 3. The number of benzene rings is 3. The average molecular weight is 941 g/mol. The Bertz CT molecular complexity index is 2800. The van der Waals surface area contributed by atoms with Crippen molar-refractivity contribution < 1.29 is 45.4 Å². The van der Waals surface area contributed by atoms with Crippen LogP contribution in [0.1, 0.15) is 99.3 Å². The van der Waals surface area contributed by atoms with Gasteiger partial charge >= 0.3 is 5.97 Å². The number of halogens is 3. The number of carboxylic acids is 1. The predicted octanol–water partition coefficient (Wildman–Crippen LogP) is 8.01. The maximum Gasteiger partial charge on any atom is 0.337 e. The first-order chi connectivity index (χ1) is 27.8. The van der Waals surface area contributed by atoms with Crippen LogP contribution < -0.4 is 24.8 Å². The Hall–Kier alpha value is -3.41. The van der Waals surface area contributed by atoms with Crippen LogP contribution in [0.3, 0.4) is 0 Å². The fourth-order valence-corrected chi connectivity index (χ4v) is 11.3. The Morgan fingerprint density at radius 3 is 2.07 bits per heavy atom. The first kappa shape index (κ1) is 46.1. The number of carbonyl (C=O) groups excluding carboxylic acids is 1. The van der Waals surface area contributed by atoms with Gasteiger partial charge in [0, 0.05) is 71.4 Å². The molecule has 322 valence electrons. The number of anilines is 1. The van der Waals surface area contributed by atoms with E-state index in [1.807, 2.05) is 51.3 Å². The highest BCUT2D eigenvalue weighted by molar-refractivity contribution is 8.00. The molecule has 3 aromatic rings. The summed E-state index contributed by atoms with van der Waals surface area (Å²) in [4.78, 5) is 28.5. The third-order valence-corrected chi connectivity index (χ3v) is 15.2. The molecule has 0 amide bonds. The zero-order valence-electron chi connectivity index (χ0n) is 34.1. The Kier molecular flexibility index (Phi) is 12.8. The molecule has 0 atom stereocenters. The van der Waals surface area contributed by atoms with Crippen molar-refractivity contribution in [1.82, 2.24) is 4.58 Å².